The molecule has 4 nitrogen and oxygen atoms in total. The molecule has 0 heterocycles. The average molecular weight is 324 g/mol. The summed E-state index contributed by atoms with van der Waals surface area (Å²) in [6.07, 6.45) is 6.08. The van der Waals surface area contributed by atoms with Crippen LogP contribution in [0.15, 0.2) is 24.3 Å². The minimum atomic E-state index is -0.518. The average Bonchev–Trinajstić information content (AvgIpc) is 2.58. The van der Waals surface area contributed by atoms with Crippen LogP contribution >= 0.6 is 0 Å². The summed E-state index contributed by atoms with van der Waals surface area (Å²) in [5.74, 6) is 3.78. The highest BCUT2D eigenvalue weighted by Gasteiger charge is 2.48. The summed E-state index contributed by atoms with van der Waals surface area (Å²) in [5.41, 5.74) is 0.591. The summed E-state index contributed by atoms with van der Waals surface area (Å²) >= 11 is 0. The number of carbonyl (C=O) groups excluding carboxylic acids is 1. The maximum Gasteiger partial charge on any atom is 0.261 e. The fraction of sp³-hybridized carbons (Fsp3) is 0.600. The van der Waals surface area contributed by atoms with Gasteiger partial charge in [0.2, 0.25) is 0 Å². The van der Waals surface area contributed by atoms with E-state index in [1.807, 2.05) is 0 Å². The van der Waals surface area contributed by atoms with E-state index in [0.29, 0.717) is 29.2 Å². The second kappa shape index (κ2) is 6.12. The molecule has 4 aliphatic rings. The first-order valence-corrected chi connectivity index (χ1v) is 9.09. The zero-order valence-electron chi connectivity index (χ0n) is 14.1. The number of hydrogen-bond donors (Lipinski definition) is 1. The predicted octanol–water partition coefficient (Wildman–Crippen LogP) is 3.27. The van der Waals surface area contributed by atoms with Crippen LogP contribution in [0.3, 0.4) is 0 Å². The Hall–Kier alpha value is -2.02. The fourth-order valence-corrected chi connectivity index (χ4v) is 5.31. The molecule has 0 saturated heterocycles. The van der Waals surface area contributed by atoms with Crippen molar-refractivity contribution in [1.29, 1.82) is 5.26 Å². The first kappa shape index (κ1) is 15.5. The number of nitriles is 1. The van der Waals surface area contributed by atoms with Gasteiger partial charge in [0.05, 0.1) is 11.6 Å². The largest absolute Gasteiger partial charge is 0.481 e. The first-order chi connectivity index (χ1) is 11.6. The van der Waals surface area contributed by atoms with Crippen molar-refractivity contribution in [3.63, 3.8) is 0 Å². The highest BCUT2D eigenvalue weighted by atomic mass is 16.5. The minimum Gasteiger partial charge on any atom is -0.481 e. The molecular formula is C20H24N2O2. The van der Waals surface area contributed by atoms with Gasteiger partial charge in [-0.3, -0.25) is 4.79 Å². The summed E-state index contributed by atoms with van der Waals surface area (Å²) in [6, 6.07) is 9.32. The Balaban J connectivity index is 1.36. The molecule has 1 aromatic carbocycles. The van der Waals surface area contributed by atoms with Crippen LogP contribution in [-0.4, -0.2) is 18.1 Å². The lowest BCUT2D eigenvalue weighted by Gasteiger charge is -2.54. The molecular weight excluding hydrogens is 300 g/mol. The van der Waals surface area contributed by atoms with E-state index in [2.05, 4.69) is 11.4 Å². The van der Waals surface area contributed by atoms with Crippen molar-refractivity contribution in [3.8, 4) is 11.8 Å². The van der Waals surface area contributed by atoms with Gasteiger partial charge in [-0.25, -0.2) is 0 Å². The lowest BCUT2D eigenvalue weighted by atomic mass is 9.54. The van der Waals surface area contributed by atoms with Gasteiger partial charge in [-0.2, -0.15) is 5.26 Å². The van der Waals surface area contributed by atoms with Gasteiger partial charge in [0, 0.05) is 6.04 Å². The van der Waals surface area contributed by atoms with Crippen LogP contribution in [-0.2, 0) is 4.79 Å². The van der Waals surface area contributed by atoms with Gasteiger partial charge in [0.15, 0.2) is 6.10 Å². The number of rotatable bonds is 4. The lowest BCUT2D eigenvalue weighted by Crippen LogP contribution is -2.57. The van der Waals surface area contributed by atoms with Gasteiger partial charge in [-0.1, -0.05) is 0 Å². The van der Waals surface area contributed by atoms with Crippen LogP contribution in [0.5, 0.6) is 5.75 Å². The van der Waals surface area contributed by atoms with E-state index in [4.69, 9.17) is 10.00 Å². The highest BCUT2D eigenvalue weighted by molar-refractivity contribution is 5.81. The van der Waals surface area contributed by atoms with Crippen LogP contribution in [0.4, 0.5) is 0 Å². The Morgan fingerprint density at radius 2 is 1.71 bits per heavy atom. The van der Waals surface area contributed by atoms with E-state index in [-0.39, 0.29) is 5.91 Å². The number of nitrogens with zero attached hydrogens (tertiary/aromatic N) is 1. The number of benzene rings is 1. The van der Waals surface area contributed by atoms with Gasteiger partial charge in [0.25, 0.3) is 5.91 Å². The highest BCUT2D eigenvalue weighted by Crippen LogP contribution is 2.53. The molecule has 24 heavy (non-hydrogen) atoms. The van der Waals surface area contributed by atoms with Crippen LogP contribution < -0.4 is 10.1 Å². The van der Waals surface area contributed by atoms with Crippen LogP contribution in [0, 0.1) is 35.0 Å². The molecule has 4 heteroatoms. The standard InChI is InChI=1S/C20H24N2O2/c1-12(24-18-4-2-13(11-21)3-5-18)20(23)22-19-16-7-14-6-15(9-16)10-17(19)8-14/h2-5,12,14-17,19H,6-10H2,1H3,(H,22,23). The molecule has 0 spiro atoms. The monoisotopic (exact) mass is 324 g/mol. The summed E-state index contributed by atoms with van der Waals surface area (Å²) < 4.78 is 5.75. The molecule has 0 aromatic heterocycles. The Morgan fingerprint density at radius 1 is 1.12 bits per heavy atom. The number of carbonyl (C=O) groups is 1. The number of amides is 1. The van der Waals surface area contributed by atoms with E-state index in [0.717, 1.165) is 11.8 Å². The second-order valence-electron chi connectivity index (χ2n) is 7.86. The second-order valence-corrected chi connectivity index (χ2v) is 7.86. The maximum absolute atomic E-state index is 12.6. The van der Waals surface area contributed by atoms with Crippen molar-refractivity contribution in [2.75, 3.05) is 0 Å². The lowest BCUT2D eigenvalue weighted by molar-refractivity contribution is -0.131. The van der Waals surface area contributed by atoms with Gasteiger partial charge >= 0.3 is 0 Å². The zero-order chi connectivity index (χ0) is 16.7. The molecule has 4 aliphatic carbocycles. The van der Waals surface area contributed by atoms with Crippen molar-refractivity contribution in [1.82, 2.24) is 5.32 Å². The third kappa shape index (κ3) is 2.88. The van der Waals surface area contributed by atoms with Gasteiger partial charge < -0.3 is 10.1 Å². The molecule has 1 N–H and O–H groups in total. The van der Waals surface area contributed by atoms with Crippen molar-refractivity contribution < 1.29 is 9.53 Å². The summed E-state index contributed by atoms with van der Waals surface area (Å²) in [6.45, 7) is 1.80. The molecule has 1 unspecified atom stereocenters. The normalized spacial score (nSPS) is 34.4. The number of ether oxygens (including phenoxy) is 1. The topological polar surface area (TPSA) is 62.1 Å². The van der Waals surface area contributed by atoms with E-state index < -0.39 is 6.10 Å². The first-order valence-electron chi connectivity index (χ1n) is 9.09. The summed E-state index contributed by atoms with van der Waals surface area (Å²) in [7, 11) is 0. The SMILES string of the molecule is CC(Oc1ccc(C#N)cc1)C(=O)NC1C2CC3CC(C2)CC1C3. The third-order valence-electron chi connectivity index (χ3n) is 6.20. The molecule has 5 rings (SSSR count). The quantitative estimate of drug-likeness (QED) is 0.924. The molecule has 126 valence electrons. The molecule has 0 aliphatic heterocycles. The Labute approximate surface area is 143 Å². The maximum atomic E-state index is 12.6. The smallest absolute Gasteiger partial charge is 0.261 e. The third-order valence-corrected chi connectivity index (χ3v) is 6.20. The fourth-order valence-electron chi connectivity index (χ4n) is 5.31. The predicted molar refractivity (Wildman–Crippen MR) is 90.2 cm³/mol. The minimum absolute atomic E-state index is 0.0168. The van der Waals surface area contributed by atoms with Gasteiger partial charge in [0.1, 0.15) is 5.75 Å². The molecule has 1 aromatic rings. The molecule has 1 amide bonds. The Kier molecular flexibility index (Phi) is 3.96. The van der Waals surface area contributed by atoms with E-state index >= 15 is 0 Å². The van der Waals surface area contributed by atoms with Crippen molar-refractivity contribution in [2.45, 2.75) is 51.2 Å². The molecule has 4 fully saturated rings. The number of hydrogen-bond acceptors (Lipinski definition) is 3. The van der Waals surface area contributed by atoms with Crippen LogP contribution in [0.1, 0.15) is 44.6 Å². The van der Waals surface area contributed by atoms with Crippen LogP contribution in [0.25, 0.3) is 0 Å². The van der Waals surface area contributed by atoms with Crippen molar-refractivity contribution >= 4 is 5.91 Å². The molecule has 1 atom stereocenters. The van der Waals surface area contributed by atoms with Gasteiger partial charge in [-0.05, 0) is 87.0 Å². The van der Waals surface area contributed by atoms with Crippen molar-refractivity contribution in [3.05, 3.63) is 29.8 Å². The number of nitrogens with one attached hydrogen (secondary N) is 1. The van der Waals surface area contributed by atoms with Crippen LogP contribution in [0.2, 0.25) is 0 Å². The summed E-state index contributed by atoms with van der Waals surface area (Å²) in [4.78, 5) is 12.6. The zero-order valence-corrected chi connectivity index (χ0v) is 14.1. The molecule has 0 radical (unpaired) electrons. The van der Waals surface area contributed by atoms with E-state index in [1.165, 1.54) is 32.1 Å². The van der Waals surface area contributed by atoms with E-state index in [1.54, 1.807) is 31.2 Å². The Morgan fingerprint density at radius 3 is 2.25 bits per heavy atom. The van der Waals surface area contributed by atoms with Crippen molar-refractivity contribution in [2.24, 2.45) is 23.7 Å². The van der Waals surface area contributed by atoms with E-state index in [9.17, 15) is 4.79 Å². The Bertz CT molecular complexity index is 633. The van der Waals surface area contributed by atoms with Gasteiger partial charge in [-0.15, -0.1) is 0 Å². The summed E-state index contributed by atoms with van der Waals surface area (Å²) in [5, 5.41) is 12.1. The molecule has 4 saturated carbocycles. The molecule has 4 bridgehead atoms.